The smallest absolute Gasteiger partial charge is 0.188 e. The van der Waals surface area contributed by atoms with Gasteiger partial charge < -0.3 is 9.67 Å². The summed E-state index contributed by atoms with van der Waals surface area (Å²) in [7, 11) is 0. The molecule has 0 radical (unpaired) electrons. The number of aromatic nitrogens is 1. The maximum atomic E-state index is 10.7. The van der Waals surface area contributed by atoms with Crippen LogP contribution in [0.25, 0.3) is 31.5 Å². The van der Waals surface area contributed by atoms with Crippen LogP contribution in [0.4, 0.5) is 11.4 Å². The Balaban J connectivity index is 1.71. The number of thioether (sulfide) groups is 1. The van der Waals surface area contributed by atoms with Gasteiger partial charge in [0.25, 0.3) is 0 Å². The van der Waals surface area contributed by atoms with Crippen molar-refractivity contribution in [3.63, 3.8) is 0 Å². The van der Waals surface area contributed by atoms with Crippen molar-refractivity contribution in [2.24, 2.45) is 0 Å². The molecule has 4 rings (SSSR count). The standard InChI is InChI=1S/C23H17N3OS/c1-24-16-8-10-22-20(12-16)21-13-17(25-2)9-11-23(21)26(22)14-18(27)15-28-19-6-4-3-5-7-19/h3-13,18,27H,14-15H2. The third-order valence-electron chi connectivity index (χ3n) is 4.67. The van der Waals surface area contributed by atoms with E-state index < -0.39 is 6.10 Å². The second kappa shape index (κ2) is 7.78. The number of rotatable bonds is 5. The van der Waals surface area contributed by atoms with Crippen LogP contribution in [0.15, 0.2) is 71.6 Å². The van der Waals surface area contributed by atoms with Crippen molar-refractivity contribution in [2.45, 2.75) is 17.5 Å². The van der Waals surface area contributed by atoms with Gasteiger partial charge in [0.05, 0.1) is 19.2 Å². The number of aliphatic hydroxyl groups is 1. The van der Waals surface area contributed by atoms with Gasteiger partial charge in [-0.1, -0.05) is 30.3 Å². The Hall–Kier alpha value is -3.25. The van der Waals surface area contributed by atoms with Gasteiger partial charge in [-0.05, 0) is 47.2 Å². The zero-order valence-electron chi connectivity index (χ0n) is 15.0. The Labute approximate surface area is 167 Å². The molecule has 4 nitrogen and oxygen atoms in total. The van der Waals surface area contributed by atoms with E-state index in [2.05, 4.69) is 14.3 Å². The molecule has 0 bridgehead atoms. The predicted octanol–water partition coefficient (Wildman–Crippen LogP) is 6.05. The molecule has 0 aliphatic heterocycles. The van der Waals surface area contributed by atoms with Crippen LogP contribution in [-0.4, -0.2) is 21.5 Å². The monoisotopic (exact) mass is 383 g/mol. The minimum Gasteiger partial charge on any atom is -0.390 e. The van der Waals surface area contributed by atoms with Crippen LogP contribution in [0.2, 0.25) is 0 Å². The molecule has 1 atom stereocenters. The van der Waals surface area contributed by atoms with Gasteiger partial charge in [0, 0.05) is 28.2 Å². The predicted molar refractivity (Wildman–Crippen MR) is 115 cm³/mol. The molecule has 1 N–H and O–H groups in total. The molecule has 0 saturated heterocycles. The lowest BCUT2D eigenvalue weighted by Crippen LogP contribution is -2.18. The third-order valence-corrected chi connectivity index (χ3v) is 5.83. The summed E-state index contributed by atoms with van der Waals surface area (Å²) in [6.45, 7) is 15.0. The maximum Gasteiger partial charge on any atom is 0.188 e. The Kier molecular flexibility index (Phi) is 5.04. The van der Waals surface area contributed by atoms with Crippen molar-refractivity contribution in [2.75, 3.05) is 5.75 Å². The number of nitrogens with zero attached hydrogens (tertiary/aromatic N) is 3. The molecule has 0 amide bonds. The molecule has 1 aromatic heterocycles. The van der Waals surface area contributed by atoms with Crippen LogP contribution < -0.4 is 0 Å². The number of hydrogen-bond acceptors (Lipinski definition) is 2. The van der Waals surface area contributed by atoms with E-state index in [9.17, 15) is 5.11 Å². The Morgan fingerprint density at radius 2 is 1.43 bits per heavy atom. The van der Waals surface area contributed by atoms with Crippen LogP contribution in [-0.2, 0) is 6.54 Å². The Morgan fingerprint density at radius 1 is 0.857 bits per heavy atom. The second-order valence-corrected chi connectivity index (χ2v) is 7.61. The van der Waals surface area contributed by atoms with Crippen LogP contribution >= 0.6 is 11.8 Å². The van der Waals surface area contributed by atoms with Crippen molar-refractivity contribution in [1.82, 2.24) is 4.57 Å². The highest BCUT2D eigenvalue weighted by Gasteiger charge is 2.15. The van der Waals surface area contributed by atoms with Gasteiger partial charge in [-0.25, -0.2) is 9.69 Å². The molecule has 0 spiro atoms. The van der Waals surface area contributed by atoms with Crippen LogP contribution in [0.3, 0.4) is 0 Å². The van der Waals surface area contributed by atoms with Crippen molar-refractivity contribution in [1.29, 1.82) is 0 Å². The second-order valence-electron chi connectivity index (χ2n) is 6.51. The first-order valence-corrected chi connectivity index (χ1v) is 9.85. The number of hydrogen-bond donors (Lipinski definition) is 1. The molecule has 5 heteroatoms. The molecule has 0 aliphatic carbocycles. The average molecular weight is 383 g/mol. The SMILES string of the molecule is [C-]#[N+]c1ccc2c(c1)c1cc([N+]#[C-])ccc1n2CC(O)CSc1ccccc1. The molecule has 0 aliphatic rings. The van der Waals surface area contributed by atoms with Gasteiger partial charge in [-0.3, -0.25) is 0 Å². The van der Waals surface area contributed by atoms with E-state index >= 15 is 0 Å². The fourth-order valence-electron chi connectivity index (χ4n) is 3.39. The first kappa shape index (κ1) is 18.1. The highest BCUT2D eigenvalue weighted by molar-refractivity contribution is 7.99. The summed E-state index contributed by atoms with van der Waals surface area (Å²) in [6, 6.07) is 21.2. The van der Waals surface area contributed by atoms with Crippen molar-refractivity contribution >= 4 is 44.9 Å². The lowest BCUT2D eigenvalue weighted by Gasteiger charge is -2.14. The molecular weight excluding hydrogens is 366 g/mol. The fraction of sp³-hybridized carbons (Fsp3) is 0.130. The van der Waals surface area contributed by atoms with E-state index in [-0.39, 0.29) is 0 Å². The molecule has 4 aromatic rings. The van der Waals surface area contributed by atoms with E-state index in [0.29, 0.717) is 23.7 Å². The Morgan fingerprint density at radius 3 is 1.96 bits per heavy atom. The molecule has 0 fully saturated rings. The average Bonchev–Trinajstić information content (AvgIpc) is 3.05. The highest BCUT2D eigenvalue weighted by Crippen LogP contribution is 2.34. The Bertz CT molecular complexity index is 1160. The zero-order chi connectivity index (χ0) is 19.5. The summed E-state index contributed by atoms with van der Waals surface area (Å²) in [5.74, 6) is 0.589. The van der Waals surface area contributed by atoms with E-state index in [4.69, 9.17) is 13.1 Å². The molecule has 3 aromatic carbocycles. The number of fused-ring (bicyclic) bond motifs is 3. The number of benzene rings is 3. The number of aliphatic hydroxyl groups excluding tert-OH is 1. The third kappa shape index (κ3) is 3.46. The highest BCUT2D eigenvalue weighted by atomic mass is 32.2. The van der Waals surface area contributed by atoms with E-state index in [1.165, 1.54) is 0 Å². The van der Waals surface area contributed by atoms with Crippen LogP contribution in [0, 0.1) is 13.1 Å². The molecule has 1 unspecified atom stereocenters. The summed E-state index contributed by atoms with van der Waals surface area (Å²) in [4.78, 5) is 8.19. The molecule has 1 heterocycles. The normalized spacial score (nSPS) is 12.0. The summed E-state index contributed by atoms with van der Waals surface area (Å²) >= 11 is 1.63. The topological polar surface area (TPSA) is 33.9 Å². The quantitative estimate of drug-likeness (QED) is 0.336. The van der Waals surface area contributed by atoms with Gasteiger partial charge in [0.2, 0.25) is 0 Å². The van der Waals surface area contributed by atoms with Gasteiger partial charge in [0.1, 0.15) is 0 Å². The lowest BCUT2D eigenvalue weighted by atomic mass is 10.1. The van der Waals surface area contributed by atoms with E-state index in [1.807, 2.05) is 54.6 Å². The van der Waals surface area contributed by atoms with Gasteiger partial charge in [-0.2, -0.15) is 0 Å². The molecular formula is C23H17N3OS. The van der Waals surface area contributed by atoms with E-state index in [1.54, 1.807) is 23.9 Å². The summed E-state index contributed by atoms with van der Waals surface area (Å²) in [5, 5.41) is 12.5. The maximum absolute atomic E-state index is 10.7. The largest absolute Gasteiger partial charge is 0.390 e. The molecule has 0 saturated carbocycles. The minimum atomic E-state index is -0.523. The van der Waals surface area contributed by atoms with Gasteiger partial charge >= 0.3 is 0 Å². The molecule has 136 valence electrons. The van der Waals surface area contributed by atoms with Gasteiger partial charge in [-0.15, -0.1) is 11.8 Å². The first-order chi connectivity index (χ1) is 13.7. The fourth-order valence-corrected chi connectivity index (χ4v) is 4.23. The van der Waals surface area contributed by atoms with E-state index in [0.717, 1.165) is 26.7 Å². The molecule has 28 heavy (non-hydrogen) atoms. The van der Waals surface area contributed by atoms with Crippen molar-refractivity contribution in [3.8, 4) is 0 Å². The van der Waals surface area contributed by atoms with Crippen LogP contribution in [0.5, 0.6) is 0 Å². The lowest BCUT2D eigenvalue weighted by molar-refractivity contribution is 0.181. The van der Waals surface area contributed by atoms with Crippen LogP contribution in [0.1, 0.15) is 0 Å². The first-order valence-electron chi connectivity index (χ1n) is 8.86. The summed E-state index contributed by atoms with van der Waals surface area (Å²) in [6.07, 6.45) is -0.523. The summed E-state index contributed by atoms with van der Waals surface area (Å²) in [5.41, 5.74) is 3.07. The van der Waals surface area contributed by atoms with Gasteiger partial charge in [0.15, 0.2) is 11.4 Å². The zero-order valence-corrected chi connectivity index (χ0v) is 15.9. The minimum absolute atomic E-state index is 0.453. The van der Waals surface area contributed by atoms with Crippen molar-refractivity contribution in [3.05, 3.63) is 89.6 Å². The van der Waals surface area contributed by atoms with Crippen molar-refractivity contribution < 1.29 is 5.11 Å². The summed E-state index contributed by atoms with van der Waals surface area (Å²) < 4.78 is 2.09.